The normalized spacial score (nSPS) is 15.4. The first-order chi connectivity index (χ1) is 13.4. The number of likely N-dealkylation sites (N-methyl/N-ethyl adjacent to an activating group) is 1. The number of hydrogen-bond acceptors (Lipinski definition) is 5. The first-order valence-corrected chi connectivity index (χ1v) is 11.0. The highest BCUT2D eigenvalue weighted by Gasteiger charge is 2.28. The van der Waals surface area contributed by atoms with E-state index in [0.717, 1.165) is 47.7 Å². The molecule has 1 fully saturated rings. The van der Waals surface area contributed by atoms with Crippen LogP contribution in [0.5, 0.6) is 0 Å². The lowest BCUT2D eigenvalue weighted by Crippen LogP contribution is -2.43. The summed E-state index contributed by atoms with van der Waals surface area (Å²) >= 11 is 5.08. The van der Waals surface area contributed by atoms with E-state index in [1.165, 1.54) is 4.90 Å². The lowest BCUT2D eigenvalue weighted by molar-refractivity contribution is -0.138. The van der Waals surface area contributed by atoms with Gasteiger partial charge < -0.3 is 10.2 Å². The van der Waals surface area contributed by atoms with Crippen LogP contribution < -0.4 is 5.32 Å². The Morgan fingerprint density at radius 3 is 2.68 bits per heavy atom. The molecule has 1 aromatic heterocycles. The van der Waals surface area contributed by atoms with Crippen LogP contribution >= 0.6 is 27.3 Å². The van der Waals surface area contributed by atoms with Crippen molar-refractivity contribution in [2.45, 2.75) is 26.3 Å². The average molecular weight is 465 g/mol. The molecule has 0 atom stereocenters. The zero-order chi connectivity index (χ0) is 20.1. The van der Waals surface area contributed by atoms with Gasteiger partial charge in [0.15, 0.2) is 0 Å². The minimum absolute atomic E-state index is 0.0188. The second-order valence-corrected chi connectivity index (χ2v) is 9.05. The Kier molecular flexibility index (Phi) is 7.20. The number of carbonyl (C=O) groups is 2. The molecule has 0 spiro atoms. The fourth-order valence-electron chi connectivity index (χ4n) is 3.41. The molecule has 0 radical (unpaired) electrons. The number of nitrogens with zero attached hydrogens (tertiary/aromatic N) is 3. The first kappa shape index (κ1) is 21.0. The largest absolute Gasteiger partial charge is 0.336 e. The Morgan fingerprint density at radius 2 is 2.04 bits per heavy atom. The van der Waals surface area contributed by atoms with Crippen LogP contribution in [0.25, 0.3) is 0 Å². The number of para-hydroxylation sites is 1. The summed E-state index contributed by atoms with van der Waals surface area (Å²) in [4.78, 5) is 33.4. The maximum Gasteiger partial charge on any atom is 0.244 e. The fraction of sp³-hybridized carbons (Fsp3) is 0.450. The molecule has 1 aromatic carbocycles. The summed E-state index contributed by atoms with van der Waals surface area (Å²) in [5, 5.41) is 6.03. The SMILES string of the molecule is Cc1nc(CN2CCC(C(=O)N(C)CC(=O)Nc3ccccc3Br)CC2)cs1. The van der Waals surface area contributed by atoms with Gasteiger partial charge in [0.25, 0.3) is 0 Å². The van der Waals surface area contributed by atoms with Crippen molar-refractivity contribution in [2.24, 2.45) is 5.92 Å². The Bertz CT molecular complexity index is 833. The number of hydrogen-bond donors (Lipinski definition) is 1. The predicted octanol–water partition coefficient (Wildman–Crippen LogP) is 3.52. The summed E-state index contributed by atoms with van der Waals surface area (Å²) in [5.74, 6) is -0.166. The number of thiazole rings is 1. The Labute approximate surface area is 178 Å². The molecule has 1 aliphatic rings. The third-order valence-electron chi connectivity index (χ3n) is 4.89. The van der Waals surface area contributed by atoms with Crippen LogP contribution in [0.3, 0.4) is 0 Å². The van der Waals surface area contributed by atoms with Gasteiger partial charge in [-0.25, -0.2) is 4.98 Å². The summed E-state index contributed by atoms with van der Waals surface area (Å²) in [6.45, 7) is 4.67. The van der Waals surface area contributed by atoms with E-state index in [4.69, 9.17) is 0 Å². The van der Waals surface area contributed by atoms with Crippen molar-refractivity contribution < 1.29 is 9.59 Å². The maximum atomic E-state index is 12.7. The lowest BCUT2D eigenvalue weighted by atomic mass is 9.95. The van der Waals surface area contributed by atoms with Crippen LogP contribution in [-0.4, -0.2) is 53.3 Å². The Hall–Kier alpha value is -1.77. The van der Waals surface area contributed by atoms with E-state index in [2.05, 4.69) is 36.5 Å². The molecule has 1 saturated heterocycles. The fourth-order valence-corrected chi connectivity index (χ4v) is 4.39. The third kappa shape index (κ3) is 5.62. The number of benzene rings is 1. The quantitative estimate of drug-likeness (QED) is 0.709. The van der Waals surface area contributed by atoms with Gasteiger partial charge >= 0.3 is 0 Å². The lowest BCUT2D eigenvalue weighted by Gasteiger charge is -2.32. The van der Waals surface area contributed by atoms with Crippen LogP contribution in [-0.2, 0) is 16.1 Å². The maximum absolute atomic E-state index is 12.7. The average Bonchev–Trinajstić information content (AvgIpc) is 3.08. The van der Waals surface area contributed by atoms with Crippen LogP contribution in [0.4, 0.5) is 5.69 Å². The van der Waals surface area contributed by atoms with E-state index in [9.17, 15) is 9.59 Å². The zero-order valence-electron chi connectivity index (χ0n) is 16.2. The second kappa shape index (κ2) is 9.62. The van der Waals surface area contributed by atoms with Gasteiger partial charge in [-0.3, -0.25) is 14.5 Å². The number of anilines is 1. The highest BCUT2D eigenvalue weighted by atomic mass is 79.9. The minimum Gasteiger partial charge on any atom is -0.336 e. The van der Waals surface area contributed by atoms with Gasteiger partial charge in [-0.2, -0.15) is 0 Å². The van der Waals surface area contributed by atoms with Crippen molar-refractivity contribution in [1.29, 1.82) is 0 Å². The van der Waals surface area contributed by atoms with Gasteiger partial charge in [0.2, 0.25) is 11.8 Å². The van der Waals surface area contributed by atoms with Gasteiger partial charge in [-0.05, 0) is 60.9 Å². The molecule has 3 rings (SSSR count). The van der Waals surface area contributed by atoms with Gasteiger partial charge in [0, 0.05) is 29.4 Å². The van der Waals surface area contributed by atoms with Gasteiger partial charge in [-0.1, -0.05) is 12.1 Å². The standard InChI is InChI=1S/C20H25BrN4O2S/c1-14-22-16(13-28-14)11-25-9-7-15(8-10-25)20(27)24(2)12-19(26)23-18-6-4-3-5-17(18)21/h3-6,13,15H,7-12H2,1-2H3,(H,23,26). The number of carbonyl (C=O) groups excluding carboxylic acids is 2. The summed E-state index contributed by atoms with van der Waals surface area (Å²) in [5.41, 5.74) is 1.81. The molecule has 1 N–H and O–H groups in total. The Morgan fingerprint density at radius 1 is 1.32 bits per heavy atom. The van der Waals surface area contributed by atoms with Crippen molar-refractivity contribution >= 4 is 44.8 Å². The highest BCUT2D eigenvalue weighted by molar-refractivity contribution is 9.10. The Balaban J connectivity index is 1.45. The van der Waals surface area contributed by atoms with Crippen molar-refractivity contribution in [2.75, 3.05) is 32.0 Å². The third-order valence-corrected chi connectivity index (χ3v) is 6.41. The van der Waals surface area contributed by atoms with Crippen LogP contribution in [0.15, 0.2) is 34.1 Å². The molecular weight excluding hydrogens is 440 g/mol. The number of likely N-dealkylation sites (tertiary alicyclic amines) is 1. The van der Waals surface area contributed by atoms with Crippen molar-refractivity contribution in [3.05, 3.63) is 44.8 Å². The molecule has 2 aromatic rings. The molecular formula is C20H25BrN4O2S. The summed E-state index contributed by atoms with van der Waals surface area (Å²) in [6, 6.07) is 7.43. The molecule has 0 unspecified atom stereocenters. The summed E-state index contributed by atoms with van der Waals surface area (Å²) < 4.78 is 0.819. The molecule has 2 amide bonds. The monoisotopic (exact) mass is 464 g/mol. The molecule has 0 saturated carbocycles. The van der Waals surface area contributed by atoms with E-state index in [-0.39, 0.29) is 24.3 Å². The molecule has 8 heteroatoms. The van der Waals surface area contributed by atoms with Crippen molar-refractivity contribution in [3.8, 4) is 0 Å². The molecule has 2 heterocycles. The smallest absolute Gasteiger partial charge is 0.244 e. The van der Waals surface area contributed by atoms with E-state index >= 15 is 0 Å². The molecule has 0 bridgehead atoms. The molecule has 150 valence electrons. The number of piperidine rings is 1. The summed E-state index contributed by atoms with van der Waals surface area (Å²) in [6.07, 6.45) is 1.64. The number of aromatic nitrogens is 1. The number of halogens is 1. The van der Waals surface area contributed by atoms with Crippen LogP contribution in [0.1, 0.15) is 23.5 Å². The van der Waals surface area contributed by atoms with Gasteiger partial charge in [-0.15, -0.1) is 11.3 Å². The van der Waals surface area contributed by atoms with Crippen LogP contribution in [0.2, 0.25) is 0 Å². The minimum atomic E-state index is -0.195. The summed E-state index contributed by atoms with van der Waals surface area (Å²) in [7, 11) is 1.70. The van der Waals surface area contributed by atoms with E-state index in [0.29, 0.717) is 5.69 Å². The zero-order valence-corrected chi connectivity index (χ0v) is 18.6. The highest BCUT2D eigenvalue weighted by Crippen LogP contribution is 2.23. The van der Waals surface area contributed by atoms with E-state index in [1.807, 2.05) is 31.2 Å². The first-order valence-electron chi connectivity index (χ1n) is 9.35. The molecule has 1 aliphatic heterocycles. The van der Waals surface area contributed by atoms with Crippen molar-refractivity contribution in [1.82, 2.24) is 14.8 Å². The number of amides is 2. The predicted molar refractivity (Wildman–Crippen MR) is 115 cm³/mol. The topological polar surface area (TPSA) is 65.5 Å². The molecule has 28 heavy (non-hydrogen) atoms. The number of aryl methyl sites for hydroxylation is 1. The second-order valence-electron chi connectivity index (χ2n) is 7.13. The molecule has 6 nitrogen and oxygen atoms in total. The van der Waals surface area contributed by atoms with E-state index < -0.39 is 0 Å². The van der Waals surface area contributed by atoms with Crippen molar-refractivity contribution in [3.63, 3.8) is 0 Å². The van der Waals surface area contributed by atoms with Gasteiger partial charge in [0.05, 0.1) is 22.9 Å². The number of nitrogens with one attached hydrogen (secondary N) is 1. The van der Waals surface area contributed by atoms with E-state index in [1.54, 1.807) is 18.4 Å². The number of rotatable bonds is 6. The van der Waals surface area contributed by atoms with Crippen LogP contribution in [0, 0.1) is 12.8 Å². The van der Waals surface area contributed by atoms with Gasteiger partial charge in [0.1, 0.15) is 0 Å². The molecule has 0 aliphatic carbocycles.